The number of aliphatic hydroxyl groups is 1. The van der Waals surface area contributed by atoms with E-state index in [-0.39, 0.29) is 12.5 Å². The molecule has 16 heavy (non-hydrogen) atoms. The Bertz CT molecular complexity index is 352. The van der Waals surface area contributed by atoms with Gasteiger partial charge in [0.05, 0.1) is 6.61 Å². The van der Waals surface area contributed by atoms with Gasteiger partial charge in [0.2, 0.25) is 0 Å². The minimum atomic E-state index is -0.196. The number of aliphatic hydroxyl groups excluding tert-OH is 1. The number of halogens is 1. The van der Waals surface area contributed by atoms with E-state index in [0.717, 1.165) is 6.42 Å². The summed E-state index contributed by atoms with van der Waals surface area (Å²) in [5, 5.41) is 9.17. The highest BCUT2D eigenvalue weighted by molar-refractivity contribution is 6.29. The number of pyridine rings is 1. The Labute approximate surface area is 99.9 Å². The van der Waals surface area contributed by atoms with Crippen molar-refractivity contribution in [2.45, 2.75) is 13.3 Å². The number of amides is 1. The lowest BCUT2D eigenvalue weighted by atomic mass is 10.3. The summed E-state index contributed by atoms with van der Waals surface area (Å²) in [6.07, 6.45) is 0.840. The van der Waals surface area contributed by atoms with Crippen LogP contribution in [0.15, 0.2) is 18.2 Å². The van der Waals surface area contributed by atoms with Crippen LogP contribution in [0, 0.1) is 0 Å². The maximum Gasteiger partial charge on any atom is 0.272 e. The van der Waals surface area contributed by atoms with Crippen LogP contribution in [-0.2, 0) is 0 Å². The van der Waals surface area contributed by atoms with E-state index in [1.807, 2.05) is 6.92 Å². The molecule has 1 aromatic rings. The summed E-state index contributed by atoms with van der Waals surface area (Å²) in [4.78, 5) is 17.5. The van der Waals surface area contributed by atoms with E-state index < -0.39 is 0 Å². The number of hydrogen-bond donors (Lipinski definition) is 1. The first-order valence-electron chi connectivity index (χ1n) is 5.21. The van der Waals surface area contributed by atoms with Crippen LogP contribution in [0.1, 0.15) is 23.8 Å². The largest absolute Gasteiger partial charge is 0.395 e. The molecule has 0 radical (unpaired) electrons. The van der Waals surface area contributed by atoms with E-state index in [2.05, 4.69) is 4.98 Å². The molecule has 0 saturated heterocycles. The fourth-order valence-corrected chi connectivity index (χ4v) is 1.56. The summed E-state index contributed by atoms with van der Waals surface area (Å²) in [5.41, 5.74) is 0.314. The van der Waals surface area contributed by atoms with E-state index >= 15 is 0 Å². The third-order valence-electron chi connectivity index (χ3n) is 2.08. The van der Waals surface area contributed by atoms with Gasteiger partial charge in [-0.2, -0.15) is 0 Å². The lowest BCUT2D eigenvalue weighted by Crippen LogP contribution is -2.34. The Morgan fingerprint density at radius 3 is 2.81 bits per heavy atom. The highest BCUT2D eigenvalue weighted by atomic mass is 35.5. The molecule has 88 valence electrons. The van der Waals surface area contributed by atoms with Crippen LogP contribution >= 0.6 is 11.6 Å². The average molecular weight is 243 g/mol. The van der Waals surface area contributed by atoms with Gasteiger partial charge >= 0.3 is 0 Å². The molecule has 1 amide bonds. The molecule has 0 fully saturated rings. The Hall–Kier alpha value is -1.13. The first-order valence-corrected chi connectivity index (χ1v) is 5.59. The molecule has 0 aromatic carbocycles. The minimum Gasteiger partial charge on any atom is -0.395 e. The monoisotopic (exact) mass is 242 g/mol. The standard InChI is InChI=1S/C11H15ClN2O2/c1-2-6-14(7-8-15)11(16)9-4-3-5-10(12)13-9/h3-5,15H,2,6-8H2,1H3. The van der Waals surface area contributed by atoms with Crippen molar-refractivity contribution < 1.29 is 9.90 Å². The maximum atomic E-state index is 12.0. The molecule has 0 bridgehead atoms. The molecule has 1 N–H and O–H groups in total. The van der Waals surface area contributed by atoms with Crippen LogP contribution in [0.25, 0.3) is 0 Å². The fourth-order valence-electron chi connectivity index (χ4n) is 1.39. The second kappa shape index (κ2) is 6.45. The maximum absolute atomic E-state index is 12.0. The van der Waals surface area contributed by atoms with Crippen molar-refractivity contribution in [2.24, 2.45) is 0 Å². The Morgan fingerprint density at radius 1 is 1.50 bits per heavy atom. The zero-order valence-corrected chi connectivity index (χ0v) is 9.94. The molecule has 1 rings (SSSR count). The van der Waals surface area contributed by atoms with Gasteiger partial charge < -0.3 is 10.0 Å². The van der Waals surface area contributed by atoms with Gasteiger partial charge in [-0.3, -0.25) is 4.79 Å². The van der Waals surface area contributed by atoms with Crippen molar-refractivity contribution in [3.63, 3.8) is 0 Å². The minimum absolute atomic E-state index is 0.0493. The van der Waals surface area contributed by atoms with Gasteiger partial charge in [-0.05, 0) is 18.6 Å². The third-order valence-corrected chi connectivity index (χ3v) is 2.30. The highest BCUT2D eigenvalue weighted by Gasteiger charge is 2.15. The van der Waals surface area contributed by atoms with Gasteiger partial charge in [0.25, 0.3) is 5.91 Å². The van der Waals surface area contributed by atoms with E-state index in [1.54, 1.807) is 23.1 Å². The highest BCUT2D eigenvalue weighted by Crippen LogP contribution is 2.08. The summed E-state index contributed by atoms with van der Waals surface area (Å²) in [7, 11) is 0. The van der Waals surface area contributed by atoms with Crippen LogP contribution in [0.5, 0.6) is 0 Å². The van der Waals surface area contributed by atoms with Crippen molar-refractivity contribution >= 4 is 17.5 Å². The Balaban J connectivity index is 2.81. The van der Waals surface area contributed by atoms with Crippen molar-refractivity contribution in [1.29, 1.82) is 0 Å². The van der Waals surface area contributed by atoms with E-state index in [9.17, 15) is 4.79 Å². The van der Waals surface area contributed by atoms with Crippen molar-refractivity contribution in [1.82, 2.24) is 9.88 Å². The first kappa shape index (κ1) is 12.9. The molecule has 0 aliphatic carbocycles. The Morgan fingerprint density at radius 2 is 2.25 bits per heavy atom. The van der Waals surface area contributed by atoms with Crippen LogP contribution < -0.4 is 0 Å². The van der Waals surface area contributed by atoms with E-state index in [1.165, 1.54) is 0 Å². The molecule has 0 atom stereocenters. The van der Waals surface area contributed by atoms with Gasteiger partial charge in [0.15, 0.2) is 0 Å². The molecule has 1 aromatic heterocycles. The zero-order valence-electron chi connectivity index (χ0n) is 9.19. The smallest absolute Gasteiger partial charge is 0.272 e. The van der Waals surface area contributed by atoms with Crippen LogP contribution in [0.4, 0.5) is 0 Å². The lowest BCUT2D eigenvalue weighted by Gasteiger charge is -2.20. The van der Waals surface area contributed by atoms with Gasteiger partial charge in [-0.15, -0.1) is 0 Å². The number of carbonyl (C=O) groups excluding carboxylic acids is 1. The predicted octanol–water partition coefficient (Wildman–Crippen LogP) is 1.58. The second-order valence-corrected chi connectivity index (χ2v) is 3.75. The van der Waals surface area contributed by atoms with Crippen molar-refractivity contribution in [3.05, 3.63) is 29.0 Å². The summed E-state index contributed by atoms with van der Waals surface area (Å²) in [6.45, 7) is 2.85. The molecule has 5 heteroatoms. The topological polar surface area (TPSA) is 53.4 Å². The van der Waals surface area contributed by atoms with Crippen LogP contribution in [0.3, 0.4) is 0 Å². The Kier molecular flexibility index (Phi) is 5.22. The number of aromatic nitrogens is 1. The van der Waals surface area contributed by atoms with Crippen LogP contribution in [0.2, 0.25) is 5.15 Å². The van der Waals surface area contributed by atoms with Gasteiger partial charge in [-0.25, -0.2) is 4.98 Å². The molecule has 4 nitrogen and oxygen atoms in total. The van der Waals surface area contributed by atoms with Crippen molar-refractivity contribution in [2.75, 3.05) is 19.7 Å². The zero-order chi connectivity index (χ0) is 12.0. The average Bonchev–Trinajstić information content (AvgIpc) is 2.28. The number of nitrogens with zero attached hydrogens (tertiary/aromatic N) is 2. The second-order valence-electron chi connectivity index (χ2n) is 3.36. The molecule has 0 unspecified atom stereocenters. The van der Waals surface area contributed by atoms with Gasteiger partial charge in [0, 0.05) is 13.1 Å². The fraction of sp³-hybridized carbons (Fsp3) is 0.455. The van der Waals surface area contributed by atoms with Gasteiger partial charge in [0.1, 0.15) is 10.8 Å². The molecular formula is C11H15ClN2O2. The molecule has 0 saturated carbocycles. The van der Waals surface area contributed by atoms with Crippen molar-refractivity contribution in [3.8, 4) is 0 Å². The summed E-state index contributed by atoms with van der Waals surface area (Å²) >= 11 is 5.72. The normalized spacial score (nSPS) is 10.2. The van der Waals surface area contributed by atoms with E-state index in [4.69, 9.17) is 16.7 Å². The summed E-state index contributed by atoms with van der Waals surface area (Å²) in [6, 6.07) is 4.93. The molecule has 0 spiro atoms. The molecule has 0 aliphatic rings. The SMILES string of the molecule is CCCN(CCO)C(=O)c1cccc(Cl)n1. The number of rotatable bonds is 5. The third kappa shape index (κ3) is 3.47. The number of carbonyl (C=O) groups is 1. The van der Waals surface area contributed by atoms with Crippen LogP contribution in [-0.4, -0.2) is 40.6 Å². The molecular weight excluding hydrogens is 228 g/mol. The summed E-state index contributed by atoms with van der Waals surface area (Å²) in [5.74, 6) is -0.196. The van der Waals surface area contributed by atoms with E-state index in [0.29, 0.717) is 23.9 Å². The number of hydrogen-bond acceptors (Lipinski definition) is 3. The predicted molar refractivity (Wildman–Crippen MR) is 62.5 cm³/mol. The van der Waals surface area contributed by atoms with Gasteiger partial charge in [-0.1, -0.05) is 24.6 Å². The molecule has 0 aliphatic heterocycles. The first-order chi connectivity index (χ1) is 7.69. The molecule has 1 heterocycles. The summed E-state index contributed by atoms with van der Waals surface area (Å²) < 4.78 is 0. The lowest BCUT2D eigenvalue weighted by molar-refractivity contribution is 0.0716. The quantitative estimate of drug-likeness (QED) is 0.798.